The number of rotatable bonds is 1. The molecule has 0 saturated carbocycles. The van der Waals surface area contributed by atoms with Gasteiger partial charge in [0.1, 0.15) is 0 Å². The van der Waals surface area contributed by atoms with Crippen LogP contribution >= 0.6 is 0 Å². The molecule has 0 saturated heterocycles. The number of carbonyl (C=O) groups excluding carboxylic acids is 1. The molecule has 0 aromatic rings. The van der Waals surface area contributed by atoms with Gasteiger partial charge in [0, 0.05) is 7.05 Å². The summed E-state index contributed by atoms with van der Waals surface area (Å²) in [5.74, 6) is 0. The summed E-state index contributed by atoms with van der Waals surface area (Å²) in [6.07, 6.45) is 0.277. The van der Waals surface area contributed by atoms with Crippen LogP contribution in [0.3, 0.4) is 0 Å². The highest BCUT2D eigenvalue weighted by molar-refractivity contribution is 5.56. The van der Waals surface area contributed by atoms with Crippen LogP contribution in [0.1, 0.15) is 0 Å². The van der Waals surface area contributed by atoms with Gasteiger partial charge in [0.2, 0.25) is 0 Å². The quantitative estimate of drug-likeness (QED) is 0.460. The Morgan fingerprint density at radius 3 is 2.88 bits per heavy atom. The fourth-order valence-electron chi connectivity index (χ4n) is 0.411. The van der Waals surface area contributed by atoms with E-state index in [4.69, 9.17) is 0 Å². The Balaban J connectivity index is 2.52. The Hall–Kier alpha value is -0.970. The van der Waals surface area contributed by atoms with Crippen molar-refractivity contribution in [1.82, 2.24) is 10.5 Å². The third kappa shape index (κ3) is 0.671. The fraction of sp³-hybridized carbons (Fsp3) is 0.667. The van der Waals surface area contributed by atoms with E-state index >= 15 is 0 Å². The normalized spacial score (nSPS) is 27.9. The molecule has 0 spiro atoms. The number of carbonyl (C=O) groups is 1. The van der Waals surface area contributed by atoms with E-state index in [1.165, 1.54) is 5.01 Å². The standard InChI is InChI=1S/C3H6N4O/c1-7-3(2-8)4-5-6-7/h2-3H,1H3,(H,4,6). The highest BCUT2D eigenvalue weighted by Crippen LogP contribution is 1.97. The molecule has 0 fully saturated rings. The van der Waals surface area contributed by atoms with Crippen LogP contribution in [0, 0.1) is 0 Å². The van der Waals surface area contributed by atoms with E-state index in [9.17, 15) is 4.79 Å². The minimum Gasteiger partial charge on any atom is -0.299 e. The zero-order valence-corrected chi connectivity index (χ0v) is 4.40. The maximum Gasteiger partial charge on any atom is 0.198 e. The van der Waals surface area contributed by atoms with E-state index in [1.807, 2.05) is 0 Å². The first kappa shape index (κ1) is 5.17. The number of hydrogen-bond acceptors (Lipinski definition) is 5. The second-order valence-corrected chi connectivity index (χ2v) is 1.48. The van der Waals surface area contributed by atoms with Crippen LogP contribution in [0.5, 0.6) is 0 Å². The summed E-state index contributed by atoms with van der Waals surface area (Å²) in [7, 11) is 1.69. The summed E-state index contributed by atoms with van der Waals surface area (Å²) in [5.41, 5.74) is 2.48. The highest BCUT2D eigenvalue weighted by atomic mass is 16.1. The monoisotopic (exact) mass is 114 g/mol. The molecule has 1 aliphatic rings. The molecule has 0 aromatic carbocycles. The van der Waals surface area contributed by atoms with Gasteiger partial charge in [-0.25, -0.2) is 5.53 Å². The molecule has 0 bridgehead atoms. The summed E-state index contributed by atoms with van der Waals surface area (Å²) in [6.45, 7) is 0. The molecule has 1 heterocycles. The molecule has 1 N–H and O–H groups in total. The van der Waals surface area contributed by atoms with Crippen molar-refractivity contribution >= 4 is 6.29 Å². The Kier molecular flexibility index (Phi) is 1.21. The average molecular weight is 114 g/mol. The molecule has 44 valence electrons. The van der Waals surface area contributed by atoms with Crippen LogP contribution in [0.15, 0.2) is 10.3 Å². The van der Waals surface area contributed by atoms with Gasteiger partial charge in [-0.1, -0.05) is 5.22 Å². The molecule has 1 atom stereocenters. The zero-order chi connectivity index (χ0) is 5.98. The van der Waals surface area contributed by atoms with E-state index in [2.05, 4.69) is 15.9 Å². The smallest absolute Gasteiger partial charge is 0.198 e. The van der Waals surface area contributed by atoms with Crippen molar-refractivity contribution in [2.24, 2.45) is 10.3 Å². The first-order chi connectivity index (χ1) is 3.84. The lowest BCUT2D eigenvalue weighted by atomic mass is 10.6. The van der Waals surface area contributed by atoms with Crippen molar-refractivity contribution in [1.29, 1.82) is 0 Å². The zero-order valence-electron chi connectivity index (χ0n) is 4.40. The molecule has 0 radical (unpaired) electrons. The van der Waals surface area contributed by atoms with Crippen LogP contribution in [-0.2, 0) is 4.79 Å². The largest absolute Gasteiger partial charge is 0.299 e. The SMILES string of the molecule is CN1NN=NC1C=O. The lowest BCUT2D eigenvalue weighted by Gasteiger charge is -2.06. The number of likely N-dealkylation sites (N-methyl/N-ethyl adjacent to an activating group) is 1. The van der Waals surface area contributed by atoms with Crippen LogP contribution in [-0.4, -0.2) is 24.5 Å². The van der Waals surface area contributed by atoms with Crippen molar-refractivity contribution in [2.45, 2.75) is 6.17 Å². The molecule has 8 heavy (non-hydrogen) atoms. The second-order valence-electron chi connectivity index (χ2n) is 1.48. The van der Waals surface area contributed by atoms with Crippen LogP contribution in [0.25, 0.3) is 0 Å². The van der Waals surface area contributed by atoms with Gasteiger partial charge in [-0.05, 0) is 0 Å². The first-order valence-electron chi connectivity index (χ1n) is 2.18. The summed E-state index contributed by atoms with van der Waals surface area (Å²) in [6, 6.07) is 0. The lowest BCUT2D eigenvalue weighted by molar-refractivity contribution is -0.111. The van der Waals surface area contributed by atoms with Crippen molar-refractivity contribution in [3.63, 3.8) is 0 Å². The van der Waals surface area contributed by atoms with Gasteiger partial charge >= 0.3 is 0 Å². The molecule has 5 nitrogen and oxygen atoms in total. The van der Waals surface area contributed by atoms with Gasteiger partial charge in [-0.15, -0.1) is 5.11 Å². The number of nitrogens with one attached hydrogen (secondary N) is 1. The van der Waals surface area contributed by atoms with Crippen molar-refractivity contribution in [2.75, 3.05) is 7.05 Å². The predicted octanol–water partition coefficient (Wildman–Crippen LogP) is -0.671. The molecular formula is C3H6N4O. The number of aldehydes is 1. The minimum absolute atomic E-state index is 0.435. The average Bonchev–Trinajstić information content (AvgIpc) is 2.14. The Labute approximate surface area is 46.3 Å². The molecule has 0 aliphatic carbocycles. The molecule has 0 aromatic heterocycles. The summed E-state index contributed by atoms with van der Waals surface area (Å²) >= 11 is 0. The van der Waals surface area contributed by atoms with Gasteiger partial charge < -0.3 is 0 Å². The third-order valence-electron chi connectivity index (χ3n) is 0.897. The van der Waals surface area contributed by atoms with Gasteiger partial charge in [0.05, 0.1) is 0 Å². The topological polar surface area (TPSA) is 57.1 Å². The molecule has 0 amide bonds. The van der Waals surface area contributed by atoms with Crippen LogP contribution in [0.4, 0.5) is 0 Å². The van der Waals surface area contributed by atoms with Crippen molar-refractivity contribution < 1.29 is 4.79 Å². The molecule has 5 heteroatoms. The second kappa shape index (κ2) is 1.87. The maximum absolute atomic E-state index is 9.98. The summed E-state index contributed by atoms with van der Waals surface area (Å²) in [4.78, 5) is 9.98. The van der Waals surface area contributed by atoms with E-state index < -0.39 is 6.17 Å². The van der Waals surface area contributed by atoms with E-state index in [0.717, 1.165) is 0 Å². The maximum atomic E-state index is 9.98. The number of nitrogens with zero attached hydrogens (tertiary/aromatic N) is 3. The van der Waals surface area contributed by atoms with E-state index in [-0.39, 0.29) is 0 Å². The van der Waals surface area contributed by atoms with E-state index in [0.29, 0.717) is 6.29 Å². The Morgan fingerprint density at radius 2 is 2.62 bits per heavy atom. The van der Waals surface area contributed by atoms with Gasteiger partial charge in [0.15, 0.2) is 12.5 Å². The third-order valence-corrected chi connectivity index (χ3v) is 0.897. The fourth-order valence-corrected chi connectivity index (χ4v) is 0.411. The van der Waals surface area contributed by atoms with E-state index in [1.54, 1.807) is 7.05 Å². The number of hydrogen-bond donors (Lipinski definition) is 1. The van der Waals surface area contributed by atoms with Gasteiger partial charge in [0.25, 0.3) is 0 Å². The molecular weight excluding hydrogens is 108 g/mol. The minimum atomic E-state index is -0.435. The van der Waals surface area contributed by atoms with Gasteiger partial charge in [-0.2, -0.15) is 5.01 Å². The van der Waals surface area contributed by atoms with Gasteiger partial charge in [-0.3, -0.25) is 4.79 Å². The molecule has 1 rings (SSSR count). The summed E-state index contributed by atoms with van der Waals surface area (Å²) in [5, 5.41) is 8.40. The summed E-state index contributed by atoms with van der Waals surface area (Å²) < 4.78 is 0. The van der Waals surface area contributed by atoms with Crippen molar-refractivity contribution in [3.05, 3.63) is 0 Å². The molecule has 1 unspecified atom stereocenters. The Bertz CT molecular complexity index is 122. The molecule has 1 aliphatic heterocycles. The van der Waals surface area contributed by atoms with Crippen molar-refractivity contribution in [3.8, 4) is 0 Å². The lowest BCUT2D eigenvalue weighted by Crippen LogP contribution is -2.33. The van der Waals surface area contributed by atoms with Crippen LogP contribution in [0.2, 0.25) is 0 Å². The van der Waals surface area contributed by atoms with Crippen LogP contribution < -0.4 is 5.53 Å². The predicted molar refractivity (Wildman–Crippen MR) is 25.6 cm³/mol. The highest BCUT2D eigenvalue weighted by Gasteiger charge is 2.15. The number of hydrazine groups is 1. The Morgan fingerprint density at radius 1 is 1.88 bits per heavy atom. The first-order valence-corrected chi connectivity index (χ1v) is 2.18.